The molecule has 2 nitrogen and oxygen atoms in total. The topological polar surface area (TPSA) is 46.2 Å². The Labute approximate surface area is 127 Å². The first-order valence-corrected chi connectivity index (χ1v) is 8.58. The van der Waals surface area contributed by atoms with Crippen molar-refractivity contribution < 1.29 is 5.11 Å². The van der Waals surface area contributed by atoms with Gasteiger partial charge in [-0.05, 0) is 97.4 Å². The minimum Gasteiger partial charge on any atom is -0.508 e. The Bertz CT molecular complexity index is 581. The summed E-state index contributed by atoms with van der Waals surface area (Å²) in [6, 6.07) is 4.37. The number of aromatic hydroxyl groups is 1. The molecule has 0 spiro atoms. The summed E-state index contributed by atoms with van der Waals surface area (Å²) in [6.07, 6.45) is 7.52. The molecule has 114 valence electrons. The fraction of sp³-hybridized carbons (Fsp3) is 0.684. The standard InChI is InChI=1S/C19H27NO/c1-11-9-13(21)10-12-3-4-14-15(18(11)12)7-8-19(2)16(14)5-6-17(19)20/h9-10,14-17,21H,3-8,20H2,1-2H3/t14-,15+,16+,17+,19+/m1/s1. The van der Waals surface area contributed by atoms with Gasteiger partial charge in [0.25, 0.3) is 0 Å². The van der Waals surface area contributed by atoms with Gasteiger partial charge in [-0.3, -0.25) is 0 Å². The molecule has 0 saturated heterocycles. The predicted octanol–water partition coefficient (Wildman–Crippen LogP) is 3.88. The summed E-state index contributed by atoms with van der Waals surface area (Å²) in [4.78, 5) is 0. The van der Waals surface area contributed by atoms with Crippen LogP contribution in [0.25, 0.3) is 0 Å². The number of aryl methyl sites for hydroxylation is 2. The number of phenols is 1. The summed E-state index contributed by atoms with van der Waals surface area (Å²) in [5.41, 5.74) is 11.1. The van der Waals surface area contributed by atoms with Crippen LogP contribution in [0.15, 0.2) is 12.1 Å². The molecule has 2 fully saturated rings. The normalized spacial score (nSPS) is 41.3. The van der Waals surface area contributed by atoms with Gasteiger partial charge in [0, 0.05) is 6.04 Å². The fourth-order valence-electron chi connectivity index (χ4n) is 6.00. The summed E-state index contributed by atoms with van der Waals surface area (Å²) < 4.78 is 0. The highest BCUT2D eigenvalue weighted by Crippen LogP contribution is 2.60. The number of nitrogens with two attached hydrogens (primary N) is 1. The summed E-state index contributed by atoms with van der Waals surface area (Å²) in [5, 5.41) is 9.87. The molecule has 0 bridgehead atoms. The van der Waals surface area contributed by atoms with Crippen LogP contribution in [0.4, 0.5) is 0 Å². The van der Waals surface area contributed by atoms with Crippen molar-refractivity contribution in [1.29, 1.82) is 0 Å². The van der Waals surface area contributed by atoms with Gasteiger partial charge < -0.3 is 10.8 Å². The Hall–Kier alpha value is -1.02. The predicted molar refractivity (Wildman–Crippen MR) is 85.4 cm³/mol. The Morgan fingerprint density at radius 3 is 2.81 bits per heavy atom. The van der Waals surface area contributed by atoms with E-state index in [1.54, 1.807) is 5.56 Å². The SMILES string of the molecule is Cc1cc(O)cc2c1[C@H]1CC[C@]3(C)[C@@H](N)CC[C@H]3[C@@H]1CC2. The van der Waals surface area contributed by atoms with E-state index in [1.165, 1.54) is 43.2 Å². The van der Waals surface area contributed by atoms with Crippen molar-refractivity contribution in [3.05, 3.63) is 28.8 Å². The van der Waals surface area contributed by atoms with Gasteiger partial charge in [-0.15, -0.1) is 0 Å². The lowest BCUT2D eigenvalue weighted by atomic mass is 9.55. The van der Waals surface area contributed by atoms with Gasteiger partial charge in [0.05, 0.1) is 0 Å². The lowest BCUT2D eigenvalue weighted by Crippen LogP contribution is -2.46. The maximum Gasteiger partial charge on any atom is 0.116 e. The zero-order chi connectivity index (χ0) is 14.8. The molecule has 3 N–H and O–H groups in total. The van der Waals surface area contributed by atoms with Crippen LogP contribution >= 0.6 is 0 Å². The Morgan fingerprint density at radius 2 is 2.00 bits per heavy atom. The summed E-state index contributed by atoms with van der Waals surface area (Å²) in [5.74, 6) is 2.77. The van der Waals surface area contributed by atoms with E-state index < -0.39 is 0 Å². The fourth-order valence-corrected chi connectivity index (χ4v) is 6.00. The summed E-state index contributed by atoms with van der Waals surface area (Å²) in [6.45, 7) is 4.62. The molecular weight excluding hydrogens is 258 g/mol. The van der Waals surface area contributed by atoms with Gasteiger partial charge in [-0.2, -0.15) is 0 Å². The van der Waals surface area contributed by atoms with Crippen LogP contribution in [0.5, 0.6) is 5.75 Å². The van der Waals surface area contributed by atoms with Gasteiger partial charge in [-0.1, -0.05) is 6.92 Å². The minimum atomic E-state index is 0.378. The minimum absolute atomic E-state index is 0.378. The maximum absolute atomic E-state index is 9.87. The molecular formula is C19H27NO. The molecule has 3 aliphatic rings. The lowest BCUT2D eigenvalue weighted by molar-refractivity contribution is 0.0494. The van der Waals surface area contributed by atoms with Crippen LogP contribution in [0.2, 0.25) is 0 Å². The summed E-state index contributed by atoms with van der Waals surface area (Å²) >= 11 is 0. The zero-order valence-electron chi connectivity index (χ0n) is 13.2. The van der Waals surface area contributed by atoms with E-state index in [-0.39, 0.29) is 0 Å². The molecule has 0 heterocycles. The number of hydrogen-bond donors (Lipinski definition) is 2. The number of phenolic OH excluding ortho intramolecular Hbond substituents is 1. The van der Waals surface area contributed by atoms with Crippen LogP contribution < -0.4 is 5.73 Å². The largest absolute Gasteiger partial charge is 0.508 e. The molecule has 0 unspecified atom stereocenters. The third-order valence-corrected chi connectivity index (χ3v) is 7.09. The van der Waals surface area contributed by atoms with Crippen molar-refractivity contribution in [2.45, 2.75) is 64.3 Å². The average Bonchev–Trinajstić information content (AvgIpc) is 2.74. The third kappa shape index (κ3) is 1.81. The second-order valence-electron chi connectivity index (χ2n) is 7.98. The van der Waals surface area contributed by atoms with Crippen molar-refractivity contribution in [2.75, 3.05) is 0 Å². The van der Waals surface area contributed by atoms with E-state index in [0.29, 0.717) is 23.1 Å². The van der Waals surface area contributed by atoms with Crippen LogP contribution in [0.1, 0.15) is 61.6 Å². The Kier molecular flexibility index (Phi) is 2.91. The zero-order valence-corrected chi connectivity index (χ0v) is 13.2. The smallest absolute Gasteiger partial charge is 0.116 e. The second kappa shape index (κ2) is 4.49. The van der Waals surface area contributed by atoms with Gasteiger partial charge in [0.2, 0.25) is 0 Å². The molecule has 4 rings (SSSR count). The monoisotopic (exact) mass is 285 g/mol. The van der Waals surface area contributed by atoms with E-state index in [1.807, 2.05) is 12.1 Å². The van der Waals surface area contributed by atoms with E-state index in [9.17, 15) is 5.11 Å². The highest BCUT2D eigenvalue weighted by molar-refractivity contribution is 5.45. The molecule has 0 aromatic heterocycles. The highest BCUT2D eigenvalue weighted by Gasteiger charge is 2.53. The van der Waals surface area contributed by atoms with Crippen molar-refractivity contribution >= 4 is 0 Å². The van der Waals surface area contributed by atoms with Crippen LogP contribution in [-0.4, -0.2) is 11.1 Å². The van der Waals surface area contributed by atoms with E-state index in [0.717, 1.165) is 18.3 Å². The first kappa shape index (κ1) is 13.6. The van der Waals surface area contributed by atoms with Gasteiger partial charge in [0.1, 0.15) is 5.75 Å². The Balaban J connectivity index is 1.75. The van der Waals surface area contributed by atoms with E-state index >= 15 is 0 Å². The number of rotatable bonds is 0. The van der Waals surface area contributed by atoms with Crippen molar-refractivity contribution in [3.8, 4) is 5.75 Å². The number of hydrogen-bond acceptors (Lipinski definition) is 2. The van der Waals surface area contributed by atoms with E-state index in [2.05, 4.69) is 13.8 Å². The molecule has 2 heteroatoms. The number of fused-ring (bicyclic) bond motifs is 5. The van der Waals surface area contributed by atoms with E-state index in [4.69, 9.17) is 5.73 Å². The molecule has 1 aromatic rings. The van der Waals surface area contributed by atoms with Crippen molar-refractivity contribution in [3.63, 3.8) is 0 Å². The summed E-state index contributed by atoms with van der Waals surface area (Å²) in [7, 11) is 0. The number of benzene rings is 1. The van der Waals surface area contributed by atoms with Crippen molar-refractivity contribution in [2.24, 2.45) is 23.0 Å². The lowest BCUT2D eigenvalue weighted by Gasteiger charge is -2.50. The maximum atomic E-state index is 9.87. The van der Waals surface area contributed by atoms with Crippen LogP contribution in [-0.2, 0) is 6.42 Å². The highest BCUT2D eigenvalue weighted by atomic mass is 16.3. The molecule has 0 amide bonds. The molecule has 3 aliphatic carbocycles. The van der Waals surface area contributed by atoms with Gasteiger partial charge in [0.15, 0.2) is 0 Å². The van der Waals surface area contributed by atoms with Gasteiger partial charge >= 0.3 is 0 Å². The third-order valence-electron chi connectivity index (χ3n) is 7.09. The van der Waals surface area contributed by atoms with Crippen LogP contribution in [0.3, 0.4) is 0 Å². The first-order valence-electron chi connectivity index (χ1n) is 8.58. The quantitative estimate of drug-likeness (QED) is 0.760. The molecule has 21 heavy (non-hydrogen) atoms. The molecule has 0 aliphatic heterocycles. The Morgan fingerprint density at radius 1 is 1.19 bits per heavy atom. The van der Waals surface area contributed by atoms with Crippen LogP contribution in [0, 0.1) is 24.2 Å². The molecule has 0 radical (unpaired) electrons. The second-order valence-corrected chi connectivity index (χ2v) is 7.98. The van der Waals surface area contributed by atoms with Crippen molar-refractivity contribution in [1.82, 2.24) is 0 Å². The first-order chi connectivity index (χ1) is 10.0. The molecule has 1 aromatic carbocycles. The van der Waals surface area contributed by atoms with Gasteiger partial charge in [-0.25, -0.2) is 0 Å². The molecule has 2 saturated carbocycles. The molecule has 5 atom stereocenters. The average molecular weight is 285 g/mol.